The van der Waals surface area contributed by atoms with Crippen LogP contribution in [0.3, 0.4) is 0 Å². The van der Waals surface area contributed by atoms with Crippen LogP contribution in [0.2, 0.25) is 5.02 Å². The predicted octanol–water partition coefficient (Wildman–Crippen LogP) is 4.13. The van der Waals surface area contributed by atoms with Gasteiger partial charge in [0.15, 0.2) is 0 Å². The minimum Gasteiger partial charge on any atom is -0.489 e. The van der Waals surface area contributed by atoms with Gasteiger partial charge in [-0.25, -0.2) is 4.79 Å². The van der Waals surface area contributed by atoms with Gasteiger partial charge in [0.25, 0.3) is 0 Å². The fourth-order valence-corrected chi connectivity index (χ4v) is 2.71. The Morgan fingerprint density at radius 2 is 2.04 bits per heavy atom. The van der Waals surface area contributed by atoms with Crippen molar-refractivity contribution in [3.05, 3.63) is 75.1 Å². The molecule has 124 valence electrons. The zero-order valence-electron chi connectivity index (χ0n) is 13.3. The summed E-state index contributed by atoms with van der Waals surface area (Å²) < 4.78 is 11.1. The Balaban J connectivity index is 1.84. The molecule has 0 spiro atoms. The Morgan fingerprint density at radius 1 is 1.17 bits per heavy atom. The number of ether oxygens (including phenoxy) is 1. The van der Waals surface area contributed by atoms with Gasteiger partial charge in [-0.15, -0.1) is 0 Å². The number of hydrogen-bond donors (Lipinski definition) is 1. The van der Waals surface area contributed by atoms with Gasteiger partial charge in [-0.3, -0.25) is 0 Å². The third-order valence-electron chi connectivity index (χ3n) is 3.66. The van der Waals surface area contributed by atoms with Crippen LogP contribution in [0.5, 0.6) is 5.75 Å². The number of fused-ring (bicyclic) bond motifs is 1. The molecule has 0 saturated heterocycles. The molecule has 3 aromatic rings. The second-order valence-corrected chi connectivity index (χ2v) is 5.88. The van der Waals surface area contributed by atoms with Crippen molar-refractivity contribution in [1.82, 2.24) is 5.32 Å². The second kappa shape index (κ2) is 7.51. The summed E-state index contributed by atoms with van der Waals surface area (Å²) in [5.74, 6) is 0.645. The third kappa shape index (κ3) is 3.96. The van der Waals surface area contributed by atoms with Gasteiger partial charge in [0.1, 0.15) is 17.9 Å². The summed E-state index contributed by atoms with van der Waals surface area (Å²) in [5.41, 5.74) is 2.07. The van der Waals surface area contributed by atoms with Crippen LogP contribution < -0.4 is 15.7 Å². The lowest BCUT2D eigenvalue weighted by molar-refractivity contribution is 0.306. The van der Waals surface area contributed by atoms with E-state index in [2.05, 4.69) is 5.32 Å². The Hall–Kier alpha value is -2.30. The molecule has 0 radical (unpaired) electrons. The number of halogens is 1. The molecule has 0 fully saturated rings. The van der Waals surface area contributed by atoms with E-state index in [4.69, 9.17) is 20.8 Å². The zero-order chi connectivity index (χ0) is 16.9. The molecular formula is C19H18ClNO3. The highest BCUT2D eigenvalue weighted by Gasteiger charge is 2.07. The molecule has 1 heterocycles. The highest BCUT2D eigenvalue weighted by molar-refractivity contribution is 6.30. The van der Waals surface area contributed by atoms with Crippen LogP contribution in [-0.2, 0) is 13.2 Å². The number of benzene rings is 2. The first-order valence-electron chi connectivity index (χ1n) is 7.80. The van der Waals surface area contributed by atoms with Gasteiger partial charge in [0, 0.05) is 29.1 Å². The average Bonchev–Trinajstić information content (AvgIpc) is 2.57. The maximum absolute atomic E-state index is 11.7. The van der Waals surface area contributed by atoms with Crippen molar-refractivity contribution in [3.8, 4) is 5.75 Å². The molecule has 0 atom stereocenters. The SMILES string of the molecule is CCNCc1cc(=O)oc2cc(OCc3cccc(Cl)c3)ccc12. The zero-order valence-corrected chi connectivity index (χ0v) is 14.1. The fraction of sp³-hybridized carbons (Fsp3) is 0.211. The largest absolute Gasteiger partial charge is 0.489 e. The summed E-state index contributed by atoms with van der Waals surface area (Å²) in [6.07, 6.45) is 0. The summed E-state index contributed by atoms with van der Waals surface area (Å²) in [6, 6.07) is 14.6. The number of hydrogen-bond acceptors (Lipinski definition) is 4. The van der Waals surface area contributed by atoms with Gasteiger partial charge < -0.3 is 14.5 Å². The number of rotatable bonds is 6. The van der Waals surface area contributed by atoms with E-state index < -0.39 is 0 Å². The maximum atomic E-state index is 11.7. The molecule has 1 aromatic heterocycles. The molecule has 0 amide bonds. The number of nitrogens with one attached hydrogen (secondary N) is 1. The Morgan fingerprint density at radius 3 is 2.83 bits per heavy atom. The molecule has 0 aliphatic carbocycles. The van der Waals surface area contributed by atoms with E-state index in [-0.39, 0.29) is 5.63 Å². The Kier molecular flexibility index (Phi) is 5.18. The van der Waals surface area contributed by atoms with Crippen molar-refractivity contribution in [2.75, 3.05) is 6.54 Å². The quantitative estimate of drug-likeness (QED) is 0.683. The summed E-state index contributed by atoms with van der Waals surface area (Å²) >= 11 is 5.97. The molecule has 2 aromatic carbocycles. The maximum Gasteiger partial charge on any atom is 0.336 e. The predicted molar refractivity (Wildman–Crippen MR) is 95.6 cm³/mol. The molecule has 0 aliphatic heterocycles. The minimum atomic E-state index is -0.359. The molecule has 0 unspecified atom stereocenters. The van der Waals surface area contributed by atoms with Crippen LogP contribution in [0.4, 0.5) is 0 Å². The third-order valence-corrected chi connectivity index (χ3v) is 3.90. The van der Waals surface area contributed by atoms with E-state index in [1.807, 2.05) is 43.3 Å². The lowest BCUT2D eigenvalue weighted by Gasteiger charge is -2.09. The molecular weight excluding hydrogens is 326 g/mol. The highest BCUT2D eigenvalue weighted by Crippen LogP contribution is 2.23. The van der Waals surface area contributed by atoms with Crippen molar-refractivity contribution in [2.45, 2.75) is 20.1 Å². The van der Waals surface area contributed by atoms with E-state index in [1.54, 1.807) is 6.07 Å². The standard InChI is InChI=1S/C19H18ClNO3/c1-2-21-11-14-9-19(22)24-18-10-16(6-7-17(14)18)23-12-13-4-3-5-15(20)8-13/h3-10,21H,2,11-12H2,1H3. The first kappa shape index (κ1) is 16.6. The summed E-state index contributed by atoms with van der Waals surface area (Å²) in [4.78, 5) is 11.7. The van der Waals surface area contributed by atoms with Crippen LogP contribution in [0.15, 0.2) is 57.7 Å². The Labute approximate surface area is 145 Å². The fourth-order valence-electron chi connectivity index (χ4n) is 2.50. The molecule has 1 N–H and O–H groups in total. The van der Waals surface area contributed by atoms with Crippen LogP contribution in [-0.4, -0.2) is 6.54 Å². The topological polar surface area (TPSA) is 51.5 Å². The molecule has 0 bridgehead atoms. The van der Waals surface area contributed by atoms with E-state index in [1.165, 1.54) is 6.07 Å². The van der Waals surface area contributed by atoms with Crippen molar-refractivity contribution >= 4 is 22.6 Å². The molecule has 0 saturated carbocycles. The van der Waals surface area contributed by atoms with Crippen molar-refractivity contribution < 1.29 is 9.15 Å². The van der Waals surface area contributed by atoms with Gasteiger partial charge in [0.05, 0.1) is 0 Å². The Bertz CT molecular complexity index is 904. The molecule has 3 rings (SSSR count). The summed E-state index contributed by atoms with van der Waals surface area (Å²) in [6.45, 7) is 3.88. The normalized spacial score (nSPS) is 10.9. The van der Waals surface area contributed by atoms with Crippen molar-refractivity contribution in [2.24, 2.45) is 0 Å². The van der Waals surface area contributed by atoms with E-state index >= 15 is 0 Å². The second-order valence-electron chi connectivity index (χ2n) is 5.45. The van der Waals surface area contributed by atoms with Gasteiger partial charge in [-0.2, -0.15) is 0 Å². The van der Waals surface area contributed by atoms with Crippen LogP contribution in [0.1, 0.15) is 18.1 Å². The highest BCUT2D eigenvalue weighted by atomic mass is 35.5. The summed E-state index contributed by atoms with van der Waals surface area (Å²) in [5, 5.41) is 4.81. The van der Waals surface area contributed by atoms with Gasteiger partial charge >= 0.3 is 5.63 Å². The smallest absolute Gasteiger partial charge is 0.336 e. The first-order chi connectivity index (χ1) is 11.7. The lowest BCUT2D eigenvalue weighted by Crippen LogP contribution is -2.14. The lowest BCUT2D eigenvalue weighted by atomic mass is 10.1. The first-order valence-corrected chi connectivity index (χ1v) is 8.18. The van der Waals surface area contributed by atoms with Crippen LogP contribution in [0.25, 0.3) is 11.0 Å². The minimum absolute atomic E-state index is 0.359. The van der Waals surface area contributed by atoms with Gasteiger partial charge in [-0.1, -0.05) is 30.7 Å². The average molecular weight is 344 g/mol. The summed E-state index contributed by atoms with van der Waals surface area (Å²) in [7, 11) is 0. The van der Waals surface area contributed by atoms with Gasteiger partial charge in [0.2, 0.25) is 0 Å². The van der Waals surface area contributed by atoms with E-state index in [9.17, 15) is 4.79 Å². The van der Waals surface area contributed by atoms with Crippen LogP contribution in [0, 0.1) is 0 Å². The van der Waals surface area contributed by atoms with Gasteiger partial charge in [-0.05, 0) is 41.9 Å². The molecule has 5 heteroatoms. The molecule has 24 heavy (non-hydrogen) atoms. The molecule has 0 aliphatic rings. The van der Waals surface area contributed by atoms with Crippen LogP contribution >= 0.6 is 11.6 Å². The monoisotopic (exact) mass is 343 g/mol. The van der Waals surface area contributed by atoms with Crippen molar-refractivity contribution in [1.29, 1.82) is 0 Å². The van der Waals surface area contributed by atoms with Crippen molar-refractivity contribution in [3.63, 3.8) is 0 Å². The van der Waals surface area contributed by atoms with E-state index in [0.717, 1.165) is 23.1 Å². The molecule has 4 nitrogen and oxygen atoms in total. The van der Waals surface area contributed by atoms with E-state index in [0.29, 0.717) is 29.5 Å².